The lowest BCUT2D eigenvalue weighted by molar-refractivity contribution is 0.657. The van der Waals surface area contributed by atoms with Gasteiger partial charge < -0.3 is 4.57 Å². The summed E-state index contributed by atoms with van der Waals surface area (Å²) in [5.41, 5.74) is 12.2. The average Bonchev–Trinajstić information content (AvgIpc) is 3.72. The van der Waals surface area contributed by atoms with Crippen LogP contribution in [0.5, 0.6) is 0 Å². The molecule has 222 valence electrons. The van der Waals surface area contributed by atoms with Crippen LogP contribution in [0.4, 0.5) is 0 Å². The first-order valence-electron chi connectivity index (χ1n) is 16.2. The van der Waals surface area contributed by atoms with Crippen LogP contribution in [-0.2, 0) is 5.41 Å². The van der Waals surface area contributed by atoms with E-state index in [1.54, 1.807) is 0 Å². The van der Waals surface area contributed by atoms with Crippen LogP contribution in [0.2, 0.25) is 0 Å². The normalized spacial score (nSPS) is 13.5. The fourth-order valence-electron chi connectivity index (χ4n) is 8.08. The molecule has 0 aliphatic heterocycles. The van der Waals surface area contributed by atoms with Crippen LogP contribution >= 0.6 is 0 Å². The Morgan fingerprint density at radius 1 is 0.489 bits per heavy atom. The molecule has 3 heterocycles. The van der Waals surface area contributed by atoms with Crippen LogP contribution in [0.25, 0.3) is 77.8 Å². The Balaban J connectivity index is 1.37. The maximum absolute atomic E-state index is 5.48. The molecular formula is C43H30N4. The van der Waals surface area contributed by atoms with Crippen molar-refractivity contribution in [2.24, 2.45) is 0 Å². The molecule has 4 heteroatoms. The first-order valence-corrected chi connectivity index (χ1v) is 16.2. The van der Waals surface area contributed by atoms with Crippen molar-refractivity contribution in [3.05, 3.63) is 157 Å². The number of para-hydroxylation sites is 3. The van der Waals surface area contributed by atoms with E-state index in [-0.39, 0.29) is 5.41 Å². The summed E-state index contributed by atoms with van der Waals surface area (Å²) in [6.07, 6.45) is 0. The van der Waals surface area contributed by atoms with Gasteiger partial charge in [0.2, 0.25) is 5.95 Å². The van der Waals surface area contributed by atoms with Gasteiger partial charge in [-0.05, 0) is 35.9 Å². The molecular weight excluding hydrogens is 573 g/mol. The smallest absolute Gasteiger partial charge is 0.235 e. The maximum Gasteiger partial charge on any atom is 0.235 e. The number of benzene rings is 6. The number of rotatable bonds is 3. The van der Waals surface area contributed by atoms with Crippen molar-refractivity contribution in [2.45, 2.75) is 19.3 Å². The van der Waals surface area contributed by atoms with Crippen LogP contribution in [0.3, 0.4) is 0 Å². The molecule has 4 nitrogen and oxygen atoms in total. The van der Waals surface area contributed by atoms with Gasteiger partial charge in [-0.25, -0.2) is 9.97 Å². The zero-order valence-electron chi connectivity index (χ0n) is 26.1. The minimum Gasteiger partial charge on any atom is -0.309 e. The van der Waals surface area contributed by atoms with Gasteiger partial charge in [-0.3, -0.25) is 4.57 Å². The van der Waals surface area contributed by atoms with E-state index in [1.807, 2.05) is 0 Å². The van der Waals surface area contributed by atoms with Crippen molar-refractivity contribution in [2.75, 3.05) is 0 Å². The van der Waals surface area contributed by atoms with E-state index in [2.05, 4.69) is 169 Å². The number of hydrogen-bond donors (Lipinski definition) is 0. The summed E-state index contributed by atoms with van der Waals surface area (Å²) in [6, 6.07) is 51.9. The van der Waals surface area contributed by atoms with Crippen LogP contribution in [0.1, 0.15) is 25.0 Å². The quantitative estimate of drug-likeness (QED) is 0.202. The maximum atomic E-state index is 5.48. The lowest BCUT2D eigenvalue weighted by Crippen LogP contribution is -2.18. The predicted molar refractivity (Wildman–Crippen MR) is 194 cm³/mol. The van der Waals surface area contributed by atoms with Gasteiger partial charge in [0.15, 0.2) is 0 Å². The van der Waals surface area contributed by atoms with Crippen LogP contribution in [0, 0.1) is 0 Å². The molecule has 0 spiro atoms. The predicted octanol–water partition coefficient (Wildman–Crippen LogP) is 10.6. The molecule has 3 aromatic heterocycles. The molecule has 47 heavy (non-hydrogen) atoms. The second kappa shape index (κ2) is 9.51. The van der Waals surface area contributed by atoms with Crippen molar-refractivity contribution in [3.8, 4) is 34.2 Å². The summed E-state index contributed by atoms with van der Waals surface area (Å²) in [5.74, 6) is 0.683. The summed E-state index contributed by atoms with van der Waals surface area (Å²) in [4.78, 5) is 11.0. The molecule has 0 saturated carbocycles. The molecule has 0 N–H and O–H groups in total. The van der Waals surface area contributed by atoms with Gasteiger partial charge in [0.1, 0.15) is 0 Å². The Morgan fingerprint density at radius 2 is 1.11 bits per heavy atom. The second-order valence-corrected chi connectivity index (χ2v) is 13.0. The van der Waals surface area contributed by atoms with Crippen LogP contribution in [0.15, 0.2) is 146 Å². The van der Waals surface area contributed by atoms with E-state index in [0.717, 1.165) is 33.7 Å². The molecule has 6 aromatic carbocycles. The largest absolute Gasteiger partial charge is 0.309 e. The summed E-state index contributed by atoms with van der Waals surface area (Å²) >= 11 is 0. The molecule has 1 aliphatic carbocycles. The molecule has 1 aliphatic rings. The minimum atomic E-state index is -0.237. The Morgan fingerprint density at radius 3 is 1.89 bits per heavy atom. The van der Waals surface area contributed by atoms with Crippen molar-refractivity contribution >= 4 is 43.6 Å². The Labute approximate surface area is 272 Å². The third-order valence-electron chi connectivity index (χ3n) is 10.1. The molecule has 10 rings (SSSR count). The van der Waals surface area contributed by atoms with Crippen LogP contribution < -0.4 is 0 Å². The number of nitrogens with zero attached hydrogens (tertiary/aromatic N) is 4. The zero-order valence-corrected chi connectivity index (χ0v) is 26.1. The second-order valence-electron chi connectivity index (χ2n) is 13.0. The summed E-state index contributed by atoms with van der Waals surface area (Å²) < 4.78 is 4.69. The van der Waals surface area contributed by atoms with Crippen LogP contribution in [-0.4, -0.2) is 19.1 Å². The van der Waals surface area contributed by atoms with Crippen molar-refractivity contribution in [1.82, 2.24) is 19.1 Å². The van der Waals surface area contributed by atoms with Gasteiger partial charge in [0.05, 0.1) is 33.5 Å². The minimum absolute atomic E-state index is 0.237. The monoisotopic (exact) mass is 602 g/mol. The third kappa shape index (κ3) is 3.53. The SMILES string of the molecule is CC1(C)c2ccccc2-c2nc(-n3c4ccccc4c4c3ccc3c5ccccc5n(-c5ccccc5)c34)nc(-c3ccccc3)c21. The zero-order chi connectivity index (χ0) is 31.3. The lowest BCUT2D eigenvalue weighted by Gasteiger charge is -2.24. The van der Waals surface area contributed by atoms with Gasteiger partial charge in [-0.2, -0.15) is 0 Å². The number of aromatic nitrogens is 4. The Bertz CT molecular complexity index is 2700. The van der Waals surface area contributed by atoms with E-state index in [0.29, 0.717) is 5.95 Å². The first kappa shape index (κ1) is 26.2. The Kier molecular flexibility index (Phi) is 5.31. The number of fused-ring (bicyclic) bond motifs is 10. The topological polar surface area (TPSA) is 35.6 Å². The van der Waals surface area contributed by atoms with E-state index in [1.165, 1.54) is 49.3 Å². The molecule has 0 atom stereocenters. The standard InChI is InChI=1S/C43H30N4/c1-43(2)33-22-12-9-20-31(33)40-38(43)39(27-15-5-3-6-16-27)44-42(45-40)47-35-24-14-11-21-32(35)37-36(47)26-25-30-29-19-10-13-23-34(29)46(41(30)37)28-17-7-4-8-18-28/h3-26H,1-2H3. The van der Waals surface area contributed by atoms with Gasteiger partial charge in [-0.1, -0.05) is 129 Å². The molecule has 0 amide bonds. The lowest BCUT2D eigenvalue weighted by atomic mass is 9.81. The average molecular weight is 603 g/mol. The molecule has 0 bridgehead atoms. The van der Waals surface area contributed by atoms with Crippen molar-refractivity contribution in [1.29, 1.82) is 0 Å². The highest BCUT2D eigenvalue weighted by Gasteiger charge is 2.40. The highest BCUT2D eigenvalue weighted by molar-refractivity contribution is 6.26. The third-order valence-corrected chi connectivity index (χ3v) is 10.1. The van der Waals surface area contributed by atoms with Crippen molar-refractivity contribution < 1.29 is 0 Å². The van der Waals surface area contributed by atoms with E-state index in [9.17, 15) is 0 Å². The molecule has 0 fully saturated rings. The first-order chi connectivity index (χ1) is 23.1. The molecule has 0 radical (unpaired) electrons. The van der Waals surface area contributed by atoms with Gasteiger partial charge in [0.25, 0.3) is 0 Å². The molecule has 9 aromatic rings. The number of hydrogen-bond acceptors (Lipinski definition) is 2. The molecule has 0 unspecified atom stereocenters. The van der Waals surface area contributed by atoms with E-state index < -0.39 is 0 Å². The fraction of sp³-hybridized carbons (Fsp3) is 0.0698. The van der Waals surface area contributed by atoms with Gasteiger partial charge in [0, 0.05) is 49.3 Å². The van der Waals surface area contributed by atoms with Gasteiger partial charge in [-0.15, -0.1) is 0 Å². The van der Waals surface area contributed by atoms with E-state index >= 15 is 0 Å². The fourth-order valence-corrected chi connectivity index (χ4v) is 8.08. The highest BCUT2D eigenvalue weighted by Crippen LogP contribution is 2.51. The Hall–Kier alpha value is -6.00. The summed E-state index contributed by atoms with van der Waals surface area (Å²) in [7, 11) is 0. The van der Waals surface area contributed by atoms with Crippen molar-refractivity contribution in [3.63, 3.8) is 0 Å². The summed E-state index contributed by atoms with van der Waals surface area (Å²) in [5, 5.41) is 4.85. The van der Waals surface area contributed by atoms with Gasteiger partial charge >= 0.3 is 0 Å². The summed E-state index contributed by atoms with van der Waals surface area (Å²) in [6.45, 7) is 4.60. The highest BCUT2D eigenvalue weighted by atomic mass is 15.2. The molecule has 0 saturated heterocycles. The van der Waals surface area contributed by atoms with E-state index in [4.69, 9.17) is 9.97 Å².